The molecule has 5 heteroatoms. The van der Waals surface area contributed by atoms with Gasteiger partial charge in [-0.3, -0.25) is 9.59 Å². The maximum Gasteiger partial charge on any atom is 0.192 e. The highest BCUT2D eigenvalue weighted by molar-refractivity contribution is 5.94. The molecule has 0 radical (unpaired) electrons. The van der Waals surface area contributed by atoms with Gasteiger partial charge in [-0.05, 0) is 56.1 Å². The number of hydrogen-bond donors (Lipinski definition) is 0. The van der Waals surface area contributed by atoms with Gasteiger partial charge in [0, 0.05) is 35.9 Å². The highest BCUT2D eigenvalue weighted by Crippen LogP contribution is 2.50. The van der Waals surface area contributed by atoms with Crippen molar-refractivity contribution < 1.29 is 14.3 Å². The zero-order valence-electron chi connectivity index (χ0n) is 18.8. The van der Waals surface area contributed by atoms with Crippen LogP contribution in [0.5, 0.6) is 11.5 Å². The molecule has 1 aromatic heterocycles. The summed E-state index contributed by atoms with van der Waals surface area (Å²) in [5.74, 6) is 2.98. The molecule has 5 nitrogen and oxygen atoms in total. The monoisotopic (exact) mass is 433 g/mol. The van der Waals surface area contributed by atoms with Crippen LogP contribution in [-0.4, -0.2) is 23.6 Å². The molecule has 0 spiro atoms. The highest BCUT2D eigenvalue weighted by Gasteiger charge is 2.36. The van der Waals surface area contributed by atoms with Crippen LogP contribution in [0.25, 0.3) is 11.3 Å². The average molecular weight is 434 g/mol. The largest absolute Gasteiger partial charge is 0.490 e. The topological polar surface area (TPSA) is 57.5 Å². The lowest BCUT2D eigenvalue weighted by atomic mass is 9.82. The maximum absolute atomic E-state index is 12.9. The van der Waals surface area contributed by atoms with Crippen LogP contribution in [0.4, 0.5) is 0 Å². The minimum absolute atomic E-state index is 0.158. The number of fused-ring (bicyclic) bond motifs is 5. The molecule has 0 bridgehead atoms. The molecule has 3 heterocycles. The Morgan fingerprint density at radius 2 is 2.00 bits per heavy atom. The number of carbonyl (C=O) groups is 1. The van der Waals surface area contributed by atoms with Gasteiger partial charge in [-0.2, -0.15) is 0 Å². The van der Waals surface area contributed by atoms with Gasteiger partial charge >= 0.3 is 0 Å². The summed E-state index contributed by atoms with van der Waals surface area (Å²) >= 11 is 0. The molecule has 0 saturated heterocycles. The molecule has 6 rings (SSSR count). The fourth-order valence-electron chi connectivity index (χ4n) is 6.08. The average Bonchev–Trinajstić information content (AvgIpc) is 3.23. The van der Waals surface area contributed by atoms with Crippen molar-refractivity contribution in [3.05, 3.63) is 45.2 Å². The first-order valence-corrected chi connectivity index (χ1v) is 12.3. The lowest BCUT2D eigenvalue weighted by Crippen LogP contribution is -2.29. The molecule has 2 saturated carbocycles. The minimum Gasteiger partial charge on any atom is -0.490 e. The minimum atomic E-state index is -0.181. The number of ketones is 1. The molecular weight excluding hydrogens is 402 g/mol. The Morgan fingerprint density at radius 1 is 1.19 bits per heavy atom. The van der Waals surface area contributed by atoms with Crippen molar-refractivity contribution in [1.82, 2.24) is 4.57 Å². The van der Waals surface area contributed by atoms with E-state index in [1.807, 2.05) is 6.20 Å². The third-order valence-corrected chi connectivity index (χ3v) is 7.95. The maximum atomic E-state index is 12.9. The van der Waals surface area contributed by atoms with E-state index in [1.54, 1.807) is 6.07 Å². The van der Waals surface area contributed by atoms with E-state index in [9.17, 15) is 9.59 Å². The summed E-state index contributed by atoms with van der Waals surface area (Å²) < 4.78 is 14.5. The van der Waals surface area contributed by atoms with Crippen molar-refractivity contribution in [3.63, 3.8) is 0 Å². The summed E-state index contributed by atoms with van der Waals surface area (Å²) in [5, 5.41) is 0. The summed E-state index contributed by atoms with van der Waals surface area (Å²) in [6.45, 7) is 2.87. The Labute approximate surface area is 188 Å². The zero-order valence-corrected chi connectivity index (χ0v) is 18.8. The molecule has 4 aliphatic rings. The van der Waals surface area contributed by atoms with E-state index in [1.165, 1.54) is 51.0 Å². The highest BCUT2D eigenvalue weighted by atomic mass is 16.5. The van der Waals surface area contributed by atoms with Crippen molar-refractivity contribution in [1.29, 1.82) is 0 Å². The summed E-state index contributed by atoms with van der Waals surface area (Å²) in [6, 6.07) is 4.16. The molecule has 1 aromatic carbocycles. The lowest BCUT2D eigenvalue weighted by molar-refractivity contribution is 0.101. The van der Waals surface area contributed by atoms with Crippen molar-refractivity contribution in [2.75, 3.05) is 13.2 Å². The van der Waals surface area contributed by atoms with Crippen LogP contribution >= 0.6 is 0 Å². The zero-order chi connectivity index (χ0) is 21.8. The van der Waals surface area contributed by atoms with Gasteiger partial charge < -0.3 is 14.0 Å². The third-order valence-electron chi connectivity index (χ3n) is 7.95. The fraction of sp³-hybridized carbons (Fsp3) is 0.556. The number of hydrogen-bond acceptors (Lipinski definition) is 4. The third kappa shape index (κ3) is 3.37. The molecule has 0 N–H and O–H groups in total. The van der Waals surface area contributed by atoms with Gasteiger partial charge in [-0.15, -0.1) is 0 Å². The van der Waals surface area contributed by atoms with Gasteiger partial charge in [-0.1, -0.05) is 25.7 Å². The van der Waals surface area contributed by atoms with E-state index >= 15 is 0 Å². The number of rotatable bonds is 6. The molecule has 2 aliphatic heterocycles. The molecule has 2 aliphatic carbocycles. The van der Waals surface area contributed by atoms with E-state index in [0.29, 0.717) is 18.1 Å². The number of aromatic nitrogens is 1. The van der Waals surface area contributed by atoms with E-state index in [-0.39, 0.29) is 17.3 Å². The first-order valence-electron chi connectivity index (χ1n) is 12.3. The van der Waals surface area contributed by atoms with Gasteiger partial charge in [0.25, 0.3) is 0 Å². The van der Waals surface area contributed by atoms with Crippen LogP contribution in [0.15, 0.2) is 23.1 Å². The van der Waals surface area contributed by atoms with E-state index in [0.717, 1.165) is 60.1 Å². The summed E-state index contributed by atoms with van der Waals surface area (Å²) in [4.78, 5) is 25.0. The Bertz CT molecular complexity index is 1140. The summed E-state index contributed by atoms with van der Waals surface area (Å²) in [7, 11) is 0. The Hall–Kier alpha value is -2.56. The van der Waals surface area contributed by atoms with Crippen molar-refractivity contribution in [3.8, 4) is 22.8 Å². The van der Waals surface area contributed by atoms with Crippen molar-refractivity contribution in [2.24, 2.45) is 11.8 Å². The molecule has 168 valence electrons. The predicted molar refractivity (Wildman–Crippen MR) is 123 cm³/mol. The Balaban J connectivity index is 1.48. The summed E-state index contributed by atoms with van der Waals surface area (Å²) in [5.41, 5.74) is 4.63. The van der Waals surface area contributed by atoms with Crippen molar-refractivity contribution >= 4 is 5.78 Å². The van der Waals surface area contributed by atoms with Gasteiger partial charge in [0.15, 0.2) is 22.7 Å². The number of Topliss-reactive ketones (excluding diaryl/α,β-unsaturated/α-hetero) is 1. The first kappa shape index (κ1) is 20.1. The SMILES string of the molecule is CC(=O)c1cn2c(cc1=O)-c1c(cc(OCCC3CC3)c3c1CCO3)CC2C1CCCC1. The molecule has 32 heavy (non-hydrogen) atoms. The van der Waals surface area contributed by atoms with E-state index in [2.05, 4.69) is 10.6 Å². The van der Waals surface area contributed by atoms with Gasteiger partial charge in [0.05, 0.1) is 24.5 Å². The molecule has 2 fully saturated rings. The van der Waals surface area contributed by atoms with Gasteiger partial charge in [0.2, 0.25) is 0 Å². The normalized spacial score (nSPS) is 21.6. The smallest absolute Gasteiger partial charge is 0.192 e. The Kier molecular flexibility index (Phi) is 4.89. The second-order valence-corrected chi connectivity index (χ2v) is 10.1. The van der Waals surface area contributed by atoms with Gasteiger partial charge in [0.1, 0.15) is 0 Å². The van der Waals surface area contributed by atoms with Crippen LogP contribution in [0.1, 0.15) is 79.4 Å². The standard InChI is InChI=1S/C27H31NO4/c1-16(29)21-15-28-22(18-4-2-3-5-18)12-19-13-25(31-10-8-17-6-7-17)27-20(9-11-32-27)26(19)23(28)14-24(21)30/h13-15,17-18,22H,2-12H2,1H3. The van der Waals surface area contributed by atoms with E-state index < -0.39 is 0 Å². The van der Waals surface area contributed by atoms with Crippen LogP contribution in [0.3, 0.4) is 0 Å². The van der Waals surface area contributed by atoms with Crippen molar-refractivity contribution in [2.45, 2.75) is 70.8 Å². The van der Waals surface area contributed by atoms with Crippen LogP contribution < -0.4 is 14.9 Å². The first-order chi connectivity index (χ1) is 15.6. The number of pyridine rings is 1. The van der Waals surface area contributed by atoms with Crippen LogP contribution in [0, 0.1) is 11.8 Å². The predicted octanol–water partition coefficient (Wildman–Crippen LogP) is 5.12. The Morgan fingerprint density at radius 3 is 2.75 bits per heavy atom. The molecule has 1 unspecified atom stereocenters. The fourth-order valence-corrected chi connectivity index (χ4v) is 6.08. The number of ether oxygens (including phenoxy) is 2. The molecule has 2 aromatic rings. The summed E-state index contributed by atoms with van der Waals surface area (Å²) in [6.07, 6.45) is 12.3. The van der Waals surface area contributed by atoms with Gasteiger partial charge in [-0.25, -0.2) is 0 Å². The second kappa shape index (κ2) is 7.79. The van der Waals surface area contributed by atoms with Crippen LogP contribution in [-0.2, 0) is 12.8 Å². The number of nitrogens with zero attached hydrogens (tertiary/aromatic N) is 1. The quantitative estimate of drug-likeness (QED) is 0.594. The van der Waals surface area contributed by atoms with E-state index in [4.69, 9.17) is 9.47 Å². The lowest BCUT2D eigenvalue weighted by Gasteiger charge is -2.35. The molecule has 0 amide bonds. The van der Waals surface area contributed by atoms with Crippen LogP contribution in [0.2, 0.25) is 0 Å². The second-order valence-electron chi connectivity index (χ2n) is 10.1. The number of benzene rings is 1. The molecular formula is C27H31NO4. The number of carbonyl (C=O) groups excluding carboxylic acids is 1. The molecule has 1 atom stereocenters.